The van der Waals surface area contributed by atoms with Gasteiger partial charge < -0.3 is 0 Å². The molecule has 0 amide bonds. The van der Waals surface area contributed by atoms with Crippen molar-refractivity contribution < 1.29 is 0 Å². The van der Waals surface area contributed by atoms with E-state index in [1.807, 2.05) is 18.2 Å². The van der Waals surface area contributed by atoms with Crippen molar-refractivity contribution in [3.05, 3.63) is 170 Å². The van der Waals surface area contributed by atoms with Crippen LogP contribution >= 0.6 is 11.3 Å². The summed E-state index contributed by atoms with van der Waals surface area (Å²) in [6.07, 6.45) is 0. The Balaban J connectivity index is 1.12. The second-order valence-electron chi connectivity index (χ2n) is 12.6. The summed E-state index contributed by atoms with van der Waals surface area (Å²) < 4.78 is 1.22. The first kappa shape index (κ1) is 27.9. The molecule has 10 rings (SSSR count). The number of rotatable bonds is 4. The standard InChI is InChI=1S/C46H28N2S/c1-2-12-29(13-3-1)45-47-44(43-40-22-8-9-23-42(40)49-46(43)48-45)34-17-11-16-32(27-34)30-14-10-15-31(26-30)33-24-25-39-37-20-5-4-18-35(37)36-19-6-7-21-38(36)41(39)28-33/h1-28H. The van der Waals surface area contributed by atoms with Gasteiger partial charge in [-0.3, -0.25) is 0 Å². The van der Waals surface area contributed by atoms with Gasteiger partial charge in [0.25, 0.3) is 0 Å². The van der Waals surface area contributed by atoms with Gasteiger partial charge in [-0.05, 0) is 78.8 Å². The average molecular weight is 641 g/mol. The topological polar surface area (TPSA) is 25.8 Å². The highest BCUT2D eigenvalue weighted by molar-refractivity contribution is 7.25. The number of benzene rings is 8. The lowest BCUT2D eigenvalue weighted by molar-refractivity contribution is 1.24. The Morgan fingerprint density at radius 3 is 1.49 bits per heavy atom. The van der Waals surface area contributed by atoms with E-state index in [4.69, 9.17) is 9.97 Å². The van der Waals surface area contributed by atoms with E-state index < -0.39 is 0 Å². The summed E-state index contributed by atoms with van der Waals surface area (Å²) in [5.41, 5.74) is 7.80. The molecule has 2 heterocycles. The molecule has 0 spiro atoms. The fourth-order valence-corrected chi connectivity index (χ4v) is 8.44. The van der Waals surface area contributed by atoms with Gasteiger partial charge in [0.15, 0.2) is 5.82 Å². The summed E-state index contributed by atoms with van der Waals surface area (Å²) in [5.74, 6) is 0.749. The van der Waals surface area contributed by atoms with Crippen molar-refractivity contribution in [1.29, 1.82) is 0 Å². The Morgan fingerprint density at radius 1 is 0.327 bits per heavy atom. The molecule has 0 radical (unpaired) electrons. The Hall–Kier alpha value is -6.16. The zero-order chi connectivity index (χ0) is 32.3. The van der Waals surface area contributed by atoms with Crippen LogP contribution in [0, 0.1) is 0 Å². The molecular formula is C46H28N2S. The van der Waals surface area contributed by atoms with Gasteiger partial charge in [0, 0.05) is 26.6 Å². The van der Waals surface area contributed by atoms with Gasteiger partial charge in [0.05, 0.1) is 5.69 Å². The maximum atomic E-state index is 5.23. The minimum absolute atomic E-state index is 0.749. The van der Waals surface area contributed by atoms with Crippen molar-refractivity contribution in [1.82, 2.24) is 9.97 Å². The highest BCUT2D eigenvalue weighted by Crippen LogP contribution is 2.41. The molecule has 0 aliphatic heterocycles. The van der Waals surface area contributed by atoms with Crippen LogP contribution in [0.5, 0.6) is 0 Å². The quantitative estimate of drug-likeness (QED) is 0.179. The number of thiophene rings is 1. The molecule has 0 N–H and O–H groups in total. The van der Waals surface area contributed by atoms with Crippen molar-refractivity contribution in [3.8, 4) is 44.9 Å². The molecular weight excluding hydrogens is 613 g/mol. The van der Waals surface area contributed by atoms with Crippen molar-refractivity contribution in [2.24, 2.45) is 0 Å². The minimum Gasteiger partial charge on any atom is -0.227 e. The average Bonchev–Trinajstić information content (AvgIpc) is 3.57. The van der Waals surface area contributed by atoms with Gasteiger partial charge in [-0.25, -0.2) is 9.97 Å². The molecule has 2 nitrogen and oxygen atoms in total. The van der Waals surface area contributed by atoms with Crippen LogP contribution in [0.4, 0.5) is 0 Å². The Bertz CT molecular complexity index is 2850. The minimum atomic E-state index is 0.749. The summed E-state index contributed by atoms with van der Waals surface area (Å²) in [5, 5.41) is 10.0. The van der Waals surface area contributed by atoms with Crippen molar-refractivity contribution >= 4 is 64.0 Å². The number of fused-ring (bicyclic) bond motifs is 9. The van der Waals surface area contributed by atoms with Gasteiger partial charge in [0.1, 0.15) is 4.83 Å². The summed E-state index contributed by atoms with van der Waals surface area (Å²) in [4.78, 5) is 11.3. The monoisotopic (exact) mass is 640 g/mol. The summed E-state index contributed by atoms with van der Waals surface area (Å²) in [6, 6.07) is 61.0. The largest absolute Gasteiger partial charge is 0.227 e. The van der Waals surface area contributed by atoms with Crippen molar-refractivity contribution in [3.63, 3.8) is 0 Å². The van der Waals surface area contributed by atoms with Crippen LogP contribution in [-0.2, 0) is 0 Å². The summed E-state index contributed by atoms with van der Waals surface area (Å²) in [6.45, 7) is 0. The molecule has 0 fully saturated rings. The highest BCUT2D eigenvalue weighted by Gasteiger charge is 2.17. The first-order chi connectivity index (χ1) is 24.3. The Kier molecular flexibility index (Phi) is 6.39. The molecule has 0 atom stereocenters. The van der Waals surface area contributed by atoms with Crippen LogP contribution < -0.4 is 0 Å². The first-order valence-corrected chi connectivity index (χ1v) is 17.4. The maximum absolute atomic E-state index is 5.23. The fourth-order valence-electron chi connectivity index (χ4n) is 7.36. The van der Waals surface area contributed by atoms with E-state index in [0.717, 1.165) is 38.4 Å². The van der Waals surface area contributed by atoms with Gasteiger partial charge >= 0.3 is 0 Å². The van der Waals surface area contributed by atoms with Crippen LogP contribution in [0.25, 0.3) is 97.5 Å². The van der Waals surface area contributed by atoms with Gasteiger partial charge in [-0.15, -0.1) is 11.3 Å². The number of nitrogens with zero attached hydrogens (tertiary/aromatic N) is 2. The summed E-state index contributed by atoms with van der Waals surface area (Å²) >= 11 is 1.73. The lowest BCUT2D eigenvalue weighted by atomic mass is 9.91. The Morgan fingerprint density at radius 2 is 0.816 bits per heavy atom. The van der Waals surface area contributed by atoms with Crippen LogP contribution in [0.3, 0.4) is 0 Å². The third-order valence-electron chi connectivity index (χ3n) is 9.68. The van der Waals surface area contributed by atoms with Gasteiger partial charge in [0.2, 0.25) is 0 Å². The Labute approximate surface area is 287 Å². The molecule has 0 bridgehead atoms. The van der Waals surface area contributed by atoms with Gasteiger partial charge in [-0.2, -0.15) is 0 Å². The normalized spacial score (nSPS) is 11.7. The molecule has 8 aromatic carbocycles. The zero-order valence-corrected chi connectivity index (χ0v) is 27.3. The van der Waals surface area contributed by atoms with Crippen LogP contribution in [-0.4, -0.2) is 9.97 Å². The molecule has 49 heavy (non-hydrogen) atoms. The smallest absolute Gasteiger partial charge is 0.161 e. The fraction of sp³-hybridized carbons (Fsp3) is 0. The van der Waals surface area contributed by atoms with E-state index in [2.05, 4.69) is 152 Å². The molecule has 0 unspecified atom stereocenters. The van der Waals surface area contributed by atoms with Crippen LogP contribution in [0.2, 0.25) is 0 Å². The molecule has 2 aromatic heterocycles. The maximum Gasteiger partial charge on any atom is 0.161 e. The molecule has 0 saturated heterocycles. The molecule has 10 aromatic rings. The van der Waals surface area contributed by atoms with E-state index in [1.54, 1.807) is 11.3 Å². The molecule has 228 valence electrons. The van der Waals surface area contributed by atoms with E-state index in [0.29, 0.717) is 0 Å². The molecule has 0 aliphatic carbocycles. The number of hydrogen-bond acceptors (Lipinski definition) is 3. The predicted octanol–water partition coefficient (Wildman–Crippen LogP) is 13.0. The van der Waals surface area contributed by atoms with Crippen molar-refractivity contribution in [2.45, 2.75) is 0 Å². The number of aromatic nitrogens is 2. The third-order valence-corrected chi connectivity index (χ3v) is 10.7. The van der Waals surface area contributed by atoms with E-state index in [9.17, 15) is 0 Å². The van der Waals surface area contributed by atoms with Crippen molar-refractivity contribution in [2.75, 3.05) is 0 Å². The third kappa shape index (κ3) is 4.62. The lowest BCUT2D eigenvalue weighted by Gasteiger charge is -2.13. The lowest BCUT2D eigenvalue weighted by Crippen LogP contribution is -1.94. The second kappa shape index (κ2) is 11.2. The van der Waals surface area contributed by atoms with E-state index in [1.165, 1.54) is 59.1 Å². The highest BCUT2D eigenvalue weighted by atomic mass is 32.1. The van der Waals surface area contributed by atoms with Crippen LogP contribution in [0.15, 0.2) is 170 Å². The van der Waals surface area contributed by atoms with E-state index >= 15 is 0 Å². The van der Waals surface area contributed by atoms with Crippen LogP contribution in [0.1, 0.15) is 0 Å². The predicted molar refractivity (Wildman–Crippen MR) is 209 cm³/mol. The second-order valence-corrected chi connectivity index (χ2v) is 13.6. The number of hydrogen-bond donors (Lipinski definition) is 0. The molecule has 0 aliphatic rings. The molecule has 0 saturated carbocycles. The van der Waals surface area contributed by atoms with Gasteiger partial charge in [-0.1, -0.05) is 146 Å². The summed E-state index contributed by atoms with van der Waals surface area (Å²) in [7, 11) is 0. The van der Waals surface area contributed by atoms with E-state index in [-0.39, 0.29) is 0 Å². The first-order valence-electron chi connectivity index (χ1n) is 16.6. The SMILES string of the molecule is c1ccc(-c2nc(-c3cccc(-c4cccc(-c5ccc6c7ccccc7c7ccccc7c6c5)c4)c3)c3c(n2)sc2ccccc23)cc1. The molecule has 3 heteroatoms. The zero-order valence-electron chi connectivity index (χ0n) is 26.5.